The summed E-state index contributed by atoms with van der Waals surface area (Å²) in [6.07, 6.45) is 1.12. The number of anilines is 2. The molecule has 13 rings (SSSR count). The molecule has 1 fully saturated rings. The number of pyridine rings is 3. The average molecular weight is 1050 g/mol. The number of nitrogens with zero attached hydrogens (tertiary/aromatic N) is 3. The van der Waals surface area contributed by atoms with Gasteiger partial charge in [-0.05, 0) is 119 Å². The third-order valence-electron chi connectivity index (χ3n) is 15.8. The van der Waals surface area contributed by atoms with Crippen LogP contribution in [0, 0.1) is 17.8 Å². The van der Waals surface area contributed by atoms with Crippen molar-refractivity contribution in [2.45, 2.75) is 25.7 Å². The molecule has 2 unspecified atom stereocenters. The lowest BCUT2D eigenvalue weighted by Gasteiger charge is -2.33. The van der Waals surface area contributed by atoms with E-state index in [1.165, 1.54) is 0 Å². The highest BCUT2D eigenvalue weighted by Gasteiger charge is 2.39. The van der Waals surface area contributed by atoms with Gasteiger partial charge in [0.15, 0.2) is 0 Å². The number of carbonyl (C=O) groups is 3. The molecule has 81 heavy (non-hydrogen) atoms. The molecule has 12 aromatic rings. The normalized spacial score (nSPS) is 15.1. The van der Waals surface area contributed by atoms with Crippen LogP contribution in [0.4, 0.5) is 11.4 Å². The first-order chi connectivity index (χ1) is 39.8. The SMILES string of the molecule is O=C(Cc1ccc(-c2cc(-c3ccccc3)c3ccccc3n2)cc1)C1CC(C(=O)Nc2ccc(-c3cc(-c4ccccc4)c4ccccc4n3)cc2)CC(C(=O)Nc2ccc(-c3cc(-c4ccccc4)c4ccccc4n3)cc2)C1. The fraction of sp³-hybridized carbons (Fsp3) is 0.0959. The number of fused-ring (bicyclic) bond motifs is 3. The Morgan fingerprint density at radius 1 is 0.333 bits per heavy atom. The van der Waals surface area contributed by atoms with Crippen LogP contribution in [0.3, 0.4) is 0 Å². The van der Waals surface area contributed by atoms with Crippen molar-refractivity contribution >= 4 is 61.7 Å². The van der Waals surface area contributed by atoms with Crippen LogP contribution in [0.2, 0.25) is 0 Å². The number of aromatic nitrogens is 3. The number of rotatable bonds is 13. The van der Waals surface area contributed by atoms with Gasteiger partial charge >= 0.3 is 0 Å². The van der Waals surface area contributed by atoms with Gasteiger partial charge in [0.2, 0.25) is 11.8 Å². The lowest BCUT2D eigenvalue weighted by molar-refractivity contribution is -0.130. The van der Waals surface area contributed by atoms with E-state index in [4.69, 9.17) is 15.0 Å². The smallest absolute Gasteiger partial charge is 0.227 e. The van der Waals surface area contributed by atoms with Crippen LogP contribution >= 0.6 is 0 Å². The van der Waals surface area contributed by atoms with Crippen LogP contribution in [-0.4, -0.2) is 32.5 Å². The number of para-hydroxylation sites is 3. The number of amides is 2. The van der Waals surface area contributed by atoms with E-state index in [0.29, 0.717) is 30.6 Å². The van der Waals surface area contributed by atoms with Crippen molar-refractivity contribution in [3.63, 3.8) is 0 Å². The Balaban J connectivity index is 0.747. The van der Waals surface area contributed by atoms with Gasteiger partial charge in [0.05, 0.1) is 33.6 Å². The Morgan fingerprint density at radius 2 is 0.642 bits per heavy atom. The molecule has 390 valence electrons. The first-order valence-electron chi connectivity index (χ1n) is 27.6. The molecular weight excluding hydrogens is 995 g/mol. The largest absolute Gasteiger partial charge is 0.326 e. The summed E-state index contributed by atoms with van der Waals surface area (Å²) >= 11 is 0. The topological polar surface area (TPSA) is 114 Å². The second kappa shape index (κ2) is 22.3. The molecular formula is C73H55N5O3. The third-order valence-corrected chi connectivity index (χ3v) is 15.8. The molecule has 2 N–H and O–H groups in total. The number of benzene rings is 9. The van der Waals surface area contributed by atoms with Crippen molar-refractivity contribution in [2.75, 3.05) is 10.6 Å². The maximum Gasteiger partial charge on any atom is 0.227 e. The quantitative estimate of drug-likeness (QED) is 0.119. The van der Waals surface area contributed by atoms with Gasteiger partial charge in [0.1, 0.15) is 5.78 Å². The van der Waals surface area contributed by atoms with Gasteiger partial charge in [-0.25, -0.2) is 15.0 Å². The maximum absolute atomic E-state index is 14.6. The van der Waals surface area contributed by atoms with Crippen LogP contribution in [0.15, 0.2) is 255 Å². The van der Waals surface area contributed by atoms with Crippen LogP contribution in [0.1, 0.15) is 24.8 Å². The summed E-state index contributed by atoms with van der Waals surface area (Å²) in [5.41, 5.74) is 16.7. The Bertz CT molecular complexity index is 3840. The molecule has 3 heterocycles. The van der Waals surface area contributed by atoms with Gasteiger partial charge in [0.25, 0.3) is 0 Å². The van der Waals surface area contributed by atoms with E-state index < -0.39 is 17.8 Å². The Hall–Kier alpha value is -10.2. The van der Waals surface area contributed by atoms with Gasteiger partial charge < -0.3 is 10.6 Å². The van der Waals surface area contributed by atoms with Gasteiger partial charge in [-0.2, -0.15) is 0 Å². The molecule has 9 aromatic carbocycles. The van der Waals surface area contributed by atoms with Gasteiger partial charge in [-0.3, -0.25) is 14.4 Å². The average Bonchev–Trinajstić information content (AvgIpc) is 3.61. The van der Waals surface area contributed by atoms with Crippen molar-refractivity contribution < 1.29 is 14.4 Å². The lowest BCUT2D eigenvalue weighted by atomic mass is 9.72. The van der Waals surface area contributed by atoms with Crippen molar-refractivity contribution in [3.8, 4) is 67.2 Å². The van der Waals surface area contributed by atoms with Gasteiger partial charge in [-0.15, -0.1) is 0 Å². The first kappa shape index (κ1) is 50.3. The summed E-state index contributed by atoms with van der Waals surface area (Å²) in [6, 6.07) is 85.2. The van der Waals surface area contributed by atoms with Crippen molar-refractivity contribution in [1.82, 2.24) is 15.0 Å². The molecule has 1 aliphatic rings. The molecule has 2 amide bonds. The Kier molecular flexibility index (Phi) is 13.8. The standard InChI is InChI=1S/C73H55N5O3/c79-71(40-47-28-30-51(31-29-47)68-44-62(48-16-4-1-5-17-48)59-22-10-13-25-65(59)76-68)54-41-55(72(80)74-57-36-32-52(33-37-57)69-45-63(49-18-6-2-7-19-49)60-23-11-14-26-66(60)77-69)43-56(42-54)73(81)75-58-38-34-53(35-39-58)70-46-64(50-20-8-3-9-21-50)61-24-12-15-27-67(61)78-70/h1-39,44-46,54-56H,40-43H2,(H,74,80)(H,75,81). The fourth-order valence-electron chi connectivity index (χ4n) is 11.6. The van der Waals surface area contributed by atoms with Crippen molar-refractivity contribution in [3.05, 3.63) is 260 Å². The monoisotopic (exact) mass is 1050 g/mol. The predicted molar refractivity (Wildman–Crippen MR) is 328 cm³/mol. The fourth-order valence-corrected chi connectivity index (χ4v) is 11.6. The van der Waals surface area contributed by atoms with E-state index in [-0.39, 0.29) is 24.0 Å². The molecule has 8 nitrogen and oxygen atoms in total. The Morgan fingerprint density at radius 3 is 1.00 bits per heavy atom. The summed E-state index contributed by atoms with van der Waals surface area (Å²) in [7, 11) is 0. The summed E-state index contributed by atoms with van der Waals surface area (Å²) in [5.74, 6) is -2.17. The summed E-state index contributed by atoms with van der Waals surface area (Å²) in [4.78, 5) is 58.6. The molecule has 8 heteroatoms. The highest BCUT2D eigenvalue weighted by Crippen LogP contribution is 2.39. The van der Waals surface area contributed by atoms with Crippen molar-refractivity contribution in [1.29, 1.82) is 0 Å². The van der Waals surface area contributed by atoms with Crippen molar-refractivity contribution in [2.24, 2.45) is 17.8 Å². The zero-order chi connectivity index (χ0) is 54.7. The van der Waals surface area contributed by atoms with Gasteiger partial charge in [0, 0.05) is 68.4 Å². The molecule has 1 aliphatic carbocycles. The van der Waals surface area contributed by atoms with E-state index >= 15 is 0 Å². The summed E-state index contributed by atoms with van der Waals surface area (Å²) < 4.78 is 0. The minimum absolute atomic E-state index is 0.00235. The number of hydrogen-bond acceptors (Lipinski definition) is 6. The van der Waals surface area contributed by atoms with Crippen LogP contribution < -0.4 is 10.6 Å². The maximum atomic E-state index is 14.6. The third kappa shape index (κ3) is 10.8. The molecule has 1 saturated carbocycles. The minimum atomic E-state index is -0.598. The van der Waals surface area contributed by atoms with E-state index in [1.807, 2.05) is 182 Å². The van der Waals surface area contributed by atoms with Crippen LogP contribution in [0.25, 0.3) is 99.9 Å². The highest BCUT2D eigenvalue weighted by atomic mass is 16.2. The molecule has 2 atom stereocenters. The molecule has 0 spiro atoms. The zero-order valence-electron chi connectivity index (χ0n) is 44.4. The highest BCUT2D eigenvalue weighted by molar-refractivity contribution is 6.01. The molecule has 0 radical (unpaired) electrons. The number of hydrogen-bond donors (Lipinski definition) is 2. The lowest BCUT2D eigenvalue weighted by Crippen LogP contribution is -2.39. The first-order valence-corrected chi connectivity index (χ1v) is 27.6. The predicted octanol–water partition coefficient (Wildman–Crippen LogP) is 16.8. The van der Waals surface area contributed by atoms with E-state index in [2.05, 4.69) is 83.4 Å². The molecule has 0 aliphatic heterocycles. The van der Waals surface area contributed by atoms with E-state index in [1.54, 1.807) is 0 Å². The number of nitrogens with one attached hydrogen (secondary N) is 2. The summed E-state index contributed by atoms with van der Waals surface area (Å²) in [5, 5.41) is 9.54. The minimum Gasteiger partial charge on any atom is -0.326 e. The zero-order valence-corrected chi connectivity index (χ0v) is 44.4. The summed E-state index contributed by atoms with van der Waals surface area (Å²) in [6.45, 7) is 0. The van der Waals surface area contributed by atoms with E-state index in [0.717, 1.165) is 105 Å². The number of carbonyl (C=O) groups excluding carboxylic acids is 3. The molecule has 3 aromatic heterocycles. The van der Waals surface area contributed by atoms with Crippen LogP contribution in [0.5, 0.6) is 0 Å². The van der Waals surface area contributed by atoms with Gasteiger partial charge in [-0.1, -0.05) is 194 Å². The molecule has 0 bridgehead atoms. The Labute approximate surface area is 470 Å². The number of Topliss-reactive ketones (excluding diaryl/α,β-unsaturated/α-hetero) is 1. The molecule has 0 saturated heterocycles. The number of ketones is 1. The second-order valence-corrected chi connectivity index (χ2v) is 21.1. The van der Waals surface area contributed by atoms with Crippen LogP contribution in [-0.2, 0) is 20.8 Å². The second-order valence-electron chi connectivity index (χ2n) is 21.1. The van der Waals surface area contributed by atoms with E-state index in [9.17, 15) is 14.4 Å².